The molecule has 0 aliphatic carbocycles. The Morgan fingerprint density at radius 2 is 2.11 bits per heavy atom. The first-order valence-corrected chi connectivity index (χ1v) is 6.25. The van der Waals surface area contributed by atoms with Gasteiger partial charge in [0.05, 0.1) is 19.2 Å². The molecule has 5 nitrogen and oxygen atoms in total. The number of thioether (sulfide) groups is 1. The van der Waals surface area contributed by atoms with Gasteiger partial charge in [-0.1, -0.05) is 0 Å². The molecule has 0 spiro atoms. The van der Waals surface area contributed by atoms with Crippen LogP contribution in [0.1, 0.15) is 5.82 Å². The van der Waals surface area contributed by atoms with Crippen molar-refractivity contribution >= 4 is 17.5 Å². The van der Waals surface area contributed by atoms with Crippen molar-refractivity contribution in [1.82, 2.24) is 20.2 Å². The summed E-state index contributed by atoms with van der Waals surface area (Å²) in [6.07, 6.45) is 0.169. The van der Waals surface area contributed by atoms with E-state index in [1.807, 2.05) is 0 Å². The number of carbonyl (C=O) groups excluding carboxylic acids is 1. The maximum Gasteiger partial charge on any atom is 0.182 e. The highest BCUT2D eigenvalue weighted by molar-refractivity contribution is 8.00. The Morgan fingerprint density at radius 1 is 1.39 bits per heavy atom. The number of aromatic nitrogens is 4. The van der Waals surface area contributed by atoms with Gasteiger partial charge in [-0.05, 0) is 29.5 Å². The molecule has 94 valence electrons. The molecular formula is C11H11FN4OS. The van der Waals surface area contributed by atoms with Crippen LogP contribution in [0.3, 0.4) is 0 Å². The Morgan fingerprint density at radius 3 is 2.72 bits per heavy atom. The average molecular weight is 266 g/mol. The molecule has 1 aromatic heterocycles. The van der Waals surface area contributed by atoms with Crippen molar-refractivity contribution in [2.75, 3.05) is 5.75 Å². The lowest BCUT2D eigenvalue weighted by molar-refractivity contribution is -0.116. The highest BCUT2D eigenvalue weighted by atomic mass is 32.2. The van der Waals surface area contributed by atoms with Gasteiger partial charge in [-0.3, -0.25) is 4.79 Å². The molecule has 0 unspecified atom stereocenters. The second kappa shape index (κ2) is 5.72. The number of rotatable bonds is 5. The monoisotopic (exact) mass is 266 g/mol. The summed E-state index contributed by atoms with van der Waals surface area (Å²) in [5.41, 5.74) is 0. The Hall–Kier alpha value is -1.76. The van der Waals surface area contributed by atoms with Gasteiger partial charge >= 0.3 is 0 Å². The van der Waals surface area contributed by atoms with Crippen LogP contribution in [0.25, 0.3) is 0 Å². The topological polar surface area (TPSA) is 60.7 Å². The minimum absolute atomic E-state index is 0.0114. The van der Waals surface area contributed by atoms with Crippen LogP contribution in [0.5, 0.6) is 0 Å². The van der Waals surface area contributed by atoms with E-state index in [-0.39, 0.29) is 18.0 Å². The van der Waals surface area contributed by atoms with Gasteiger partial charge in [0.15, 0.2) is 11.6 Å². The van der Waals surface area contributed by atoms with Crippen LogP contribution >= 0.6 is 11.8 Å². The van der Waals surface area contributed by atoms with E-state index in [0.717, 1.165) is 4.90 Å². The zero-order valence-corrected chi connectivity index (χ0v) is 10.5. The van der Waals surface area contributed by atoms with Crippen molar-refractivity contribution in [3.05, 3.63) is 35.9 Å². The largest absolute Gasteiger partial charge is 0.298 e. The highest BCUT2D eigenvalue weighted by Gasteiger charge is 2.09. The number of aryl methyl sites for hydroxylation is 1. The van der Waals surface area contributed by atoms with Crippen LogP contribution in [0, 0.1) is 5.82 Å². The molecule has 0 atom stereocenters. The molecule has 0 radical (unpaired) electrons. The Labute approximate surface area is 107 Å². The lowest BCUT2D eigenvalue weighted by Gasteiger charge is -1.99. The summed E-state index contributed by atoms with van der Waals surface area (Å²) in [7, 11) is 1.65. The molecule has 18 heavy (non-hydrogen) atoms. The summed E-state index contributed by atoms with van der Waals surface area (Å²) in [6.45, 7) is 0. The summed E-state index contributed by atoms with van der Waals surface area (Å²) in [6, 6.07) is 6.04. The summed E-state index contributed by atoms with van der Waals surface area (Å²) >= 11 is 1.36. The number of nitrogens with zero attached hydrogens (tertiary/aromatic N) is 4. The van der Waals surface area contributed by atoms with Gasteiger partial charge in [0.2, 0.25) is 0 Å². The minimum Gasteiger partial charge on any atom is -0.298 e. The number of hydrogen-bond acceptors (Lipinski definition) is 5. The molecule has 0 amide bonds. The quantitative estimate of drug-likeness (QED) is 0.762. The predicted octanol–water partition coefficient (Wildman–Crippen LogP) is 1.25. The van der Waals surface area contributed by atoms with Gasteiger partial charge < -0.3 is 0 Å². The summed E-state index contributed by atoms with van der Waals surface area (Å²) in [5, 5.41) is 11.3. The van der Waals surface area contributed by atoms with Gasteiger partial charge in [0.1, 0.15) is 5.82 Å². The second-order valence-corrected chi connectivity index (χ2v) is 4.70. The smallest absolute Gasteiger partial charge is 0.182 e. The second-order valence-electron chi connectivity index (χ2n) is 3.65. The third-order valence-electron chi connectivity index (χ3n) is 2.12. The number of ketones is 1. The van der Waals surface area contributed by atoms with Crippen molar-refractivity contribution in [2.24, 2.45) is 7.05 Å². The molecule has 0 saturated heterocycles. The number of carbonyl (C=O) groups is 1. The fourth-order valence-electron chi connectivity index (χ4n) is 1.32. The lowest BCUT2D eigenvalue weighted by Crippen LogP contribution is -2.07. The standard InChI is InChI=1S/C11H11FN4OS/c1-16-14-11(13-15-16)6-9(17)7-18-10-4-2-8(12)3-5-10/h2-5H,6-7H2,1H3. The number of tetrazole rings is 1. The van der Waals surface area contributed by atoms with Crippen molar-refractivity contribution in [3.8, 4) is 0 Å². The van der Waals surface area contributed by atoms with Gasteiger partial charge in [0, 0.05) is 4.90 Å². The number of hydrogen-bond donors (Lipinski definition) is 0. The molecule has 2 rings (SSSR count). The van der Waals surface area contributed by atoms with E-state index in [2.05, 4.69) is 15.4 Å². The molecular weight excluding hydrogens is 255 g/mol. The molecule has 0 N–H and O–H groups in total. The van der Waals surface area contributed by atoms with Crippen LogP contribution in [0.2, 0.25) is 0 Å². The first kappa shape index (κ1) is 12.7. The Bertz CT molecular complexity index is 540. The van der Waals surface area contributed by atoms with Crippen molar-refractivity contribution in [2.45, 2.75) is 11.3 Å². The van der Waals surface area contributed by atoms with E-state index in [1.165, 1.54) is 28.7 Å². The van der Waals surface area contributed by atoms with Crippen molar-refractivity contribution < 1.29 is 9.18 Å². The third kappa shape index (κ3) is 3.63. The molecule has 2 aromatic rings. The van der Waals surface area contributed by atoms with Crippen molar-refractivity contribution in [1.29, 1.82) is 0 Å². The Balaban J connectivity index is 1.83. The SMILES string of the molecule is Cn1nnc(CC(=O)CSc2ccc(F)cc2)n1. The van der Waals surface area contributed by atoms with Crippen LogP contribution in [-0.4, -0.2) is 31.7 Å². The maximum absolute atomic E-state index is 12.7. The molecule has 0 bridgehead atoms. The van der Waals surface area contributed by atoms with E-state index in [0.29, 0.717) is 11.6 Å². The molecule has 1 aromatic carbocycles. The highest BCUT2D eigenvalue weighted by Crippen LogP contribution is 2.18. The van der Waals surface area contributed by atoms with Gasteiger partial charge in [-0.15, -0.1) is 22.0 Å². The Kier molecular flexibility index (Phi) is 4.03. The van der Waals surface area contributed by atoms with E-state index in [1.54, 1.807) is 19.2 Å². The third-order valence-corrected chi connectivity index (χ3v) is 3.19. The van der Waals surface area contributed by atoms with Crippen LogP contribution in [-0.2, 0) is 18.3 Å². The van der Waals surface area contributed by atoms with Crippen LogP contribution in [0.4, 0.5) is 4.39 Å². The lowest BCUT2D eigenvalue weighted by atomic mass is 10.3. The van der Waals surface area contributed by atoms with Gasteiger partial charge in [0.25, 0.3) is 0 Å². The molecule has 7 heteroatoms. The van der Waals surface area contributed by atoms with Crippen molar-refractivity contribution in [3.63, 3.8) is 0 Å². The number of benzene rings is 1. The zero-order valence-electron chi connectivity index (χ0n) is 9.71. The molecule has 0 aliphatic heterocycles. The molecule has 0 saturated carbocycles. The van der Waals surface area contributed by atoms with E-state index < -0.39 is 0 Å². The summed E-state index contributed by atoms with van der Waals surface area (Å²) in [5.74, 6) is 0.457. The number of Topliss-reactive ketones (excluding diaryl/α,β-unsaturated/α-hetero) is 1. The van der Waals surface area contributed by atoms with Crippen LogP contribution in [0.15, 0.2) is 29.2 Å². The average Bonchev–Trinajstić information content (AvgIpc) is 2.74. The fraction of sp³-hybridized carbons (Fsp3) is 0.273. The normalized spacial score (nSPS) is 10.6. The minimum atomic E-state index is -0.283. The predicted molar refractivity (Wildman–Crippen MR) is 64.6 cm³/mol. The summed E-state index contributed by atoms with van der Waals surface area (Å²) < 4.78 is 12.7. The van der Waals surface area contributed by atoms with Gasteiger partial charge in [-0.2, -0.15) is 4.80 Å². The first-order valence-electron chi connectivity index (χ1n) is 5.26. The number of halogens is 1. The van der Waals surface area contributed by atoms with Gasteiger partial charge in [-0.25, -0.2) is 4.39 Å². The molecule has 1 heterocycles. The van der Waals surface area contributed by atoms with Crippen LogP contribution < -0.4 is 0 Å². The molecule has 0 aliphatic rings. The zero-order chi connectivity index (χ0) is 13.0. The summed E-state index contributed by atoms with van der Waals surface area (Å²) in [4.78, 5) is 13.8. The first-order chi connectivity index (χ1) is 8.63. The molecule has 0 fully saturated rings. The van der Waals surface area contributed by atoms with E-state index >= 15 is 0 Å². The fourth-order valence-corrected chi connectivity index (χ4v) is 2.07. The van der Waals surface area contributed by atoms with E-state index in [9.17, 15) is 9.18 Å². The van der Waals surface area contributed by atoms with E-state index in [4.69, 9.17) is 0 Å². The maximum atomic E-state index is 12.7.